The van der Waals surface area contributed by atoms with Crippen molar-refractivity contribution in [2.75, 3.05) is 0 Å². The van der Waals surface area contributed by atoms with Gasteiger partial charge in [0.25, 0.3) is 0 Å². The number of thiophene rings is 1. The van der Waals surface area contributed by atoms with Crippen molar-refractivity contribution in [3.8, 4) is 6.07 Å². The molecule has 7 heteroatoms. The van der Waals surface area contributed by atoms with Crippen LogP contribution >= 0.6 is 11.3 Å². The van der Waals surface area contributed by atoms with E-state index in [0.717, 1.165) is 0 Å². The molecular formula is C11H19N3OS2Si. The van der Waals surface area contributed by atoms with Crippen molar-refractivity contribution < 1.29 is 4.21 Å². The zero-order valence-corrected chi connectivity index (χ0v) is 14.0. The Balaban J connectivity index is 3.07. The van der Waals surface area contributed by atoms with Gasteiger partial charge in [-0.3, -0.25) is 0 Å². The quantitative estimate of drug-likeness (QED) is 0.838. The van der Waals surface area contributed by atoms with E-state index in [0.29, 0.717) is 9.77 Å². The van der Waals surface area contributed by atoms with Gasteiger partial charge < -0.3 is 0 Å². The fraction of sp³-hybridized carbons (Fsp3) is 0.545. The fourth-order valence-corrected chi connectivity index (χ4v) is 7.50. The molecule has 0 spiro atoms. The summed E-state index contributed by atoms with van der Waals surface area (Å²) in [6.07, 6.45) is 0. The Kier molecular flexibility index (Phi) is 4.08. The first-order valence-electron chi connectivity index (χ1n) is 5.56. The second kappa shape index (κ2) is 4.77. The Morgan fingerprint density at radius 1 is 1.50 bits per heavy atom. The predicted octanol–water partition coefficient (Wildman–Crippen LogP) is 3.54. The van der Waals surface area contributed by atoms with E-state index in [1.54, 1.807) is 11.4 Å². The molecule has 18 heavy (non-hydrogen) atoms. The summed E-state index contributed by atoms with van der Waals surface area (Å²) in [5.74, 6) is 0. The van der Waals surface area contributed by atoms with Crippen LogP contribution in [-0.4, -0.2) is 12.4 Å². The fourth-order valence-electron chi connectivity index (χ4n) is 1.09. The van der Waals surface area contributed by atoms with Gasteiger partial charge in [0.1, 0.15) is 28.4 Å². The summed E-state index contributed by atoms with van der Waals surface area (Å²) in [6.45, 7) is 10.4. The lowest BCUT2D eigenvalue weighted by Gasteiger charge is -2.37. The highest BCUT2D eigenvalue weighted by molar-refractivity contribution is 7.94. The van der Waals surface area contributed by atoms with Crippen molar-refractivity contribution in [3.63, 3.8) is 0 Å². The highest BCUT2D eigenvalue weighted by Crippen LogP contribution is 2.35. The molecular weight excluding hydrogens is 282 g/mol. The van der Waals surface area contributed by atoms with Crippen LogP contribution in [0.4, 0.5) is 0 Å². The molecule has 0 aliphatic rings. The second-order valence-corrected chi connectivity index (χ2v) is 14.1. The van der Waals surface area contributed by atoms with Crippen molar-refractivity contribution in [3.05, 3.63) is 17.0 Å². The molecule has 0 radical (unpaired) electrons. The Hall–Kier alpha value is -0.683. The Morgan fingerprint density at radius 2 is 2.06 bits per heavy atom. The SMILES string of the molecule is CC(C)(C)[Si](C)(C)NS(=N)(=O)c1cc(C#N)cs1. The molecule has 2 N–H and O–H groups in total. The molecule has 0 aliphatic carbocycles. The minimum atomic E-state index is -3.01. The average molecular weight is 302 g/mol. The molecule has 0 bridgehead atoms. The molecule has 0 amide bonds. The summed E-state index contributed by atoms with van der Waals surface area (Å²) >= 11 is 1.21. The van der Waals surface area contributed by atoms with E-state index in [1.165, 1.54) is 11.3 Å². The van der Waals surface area contributed by atoms with Gasteiger partial charge in [0.15, 0.2) is 0 Å². The van der Waals surface area contributed by atoms with Gasteiger partial charge in [0, 0.05) is 5.38 Å². The maximum atomic E-state index is 12.5. The van der Waals surface area contributed by atoms with E-state index < -0.39 is 18.2 Å². The first kappa shape index (κ1) is 15.4. The highest BCUT2D eigenvalue weighted by atomic mass is 32.2. The number of nitrogens with one attached hydrogen (secondary N) is 2. The van der Waals surface area contributed by atoms with Crippen LogP contribution in [-0.2, 0) is 9.92 Å². The smallest absolute Gasteiger partial charge is 0.140 e. The van der Waals surface area contributed by atoms with Crippen LogP contribution in [0, 0.1) is 16.1 Å². The van der Waals surface area contributed by atoms with Gasteiger partial charge in [-0.2, -0.15) is 5.26 Å². The summed E-state index contributed by atoms with van der Waals surface area (Å²) in [5.41, 5.74) is 0.465. The van der Waals surface area contributed by atoms with Crippen molar-refractivity contribution in [1.82, 2.24) is 4.39 Å². The topological polar surface area (TPSA) is 76.7 Å². The van der Waals surface area contributed by atoms with Crippen molar-refractivity contribution in [2.45, 2.75) is 43.1 Å². The van der Waals surface area contributed by atoms with Crippen LogP contribution in [0.1, 0.15) is 26.3 Å². The minimum absolute atomic E-state index is 0.00598. The zero-order valence-electron chi connectivity index (χ0n) is 11.3. The number of nitriles is 1. The Bertz CT molecular complexity index is 576. The molecule has 4 nitrogen and oxygen atoms in total. The van der Waals surface area contributed by atoms with E-state index in [4.69, 9.17) is 10.0 Å². The van der Waals surface area contributed by atoms with Gasteiger partial charge in [-0.05, 0) is 11.1 Å². The van der Waals surface area contributed by atoms with E-state index in [1.807, 2.05) is 6.07 Å². The molecule has 0 saturated carbocycles. The number of hydrogen-bond donors (Lipinski definition) is 2. The molecule has 1 aromatic heterocycles. The first-order chi connectivity index (χ1) is 7.99. The first-order valence-corrected chi connectivity index (χ1v) is 11.0. The lowest BCUT2D eigenvalue weighted by molar-refractivity contribution is 0.666. The van der Waals surface area contributed by atoms with Crippen molar-refractivity contribution >= 4 is 29.5 Å². The molecule has 0 aromatic carbocycles. The summed E-state index contributed by atoms with van der Waals surface area (Å²) < 4.78 is 24.0. The molecule has 100 valence electrons. The average Bonchev–Trinajstić information content (AvgIpc) is 2.62. The summed E-state index contributed by atoms with van der Waals surface area (Å²) in [4.78, 5) is 0. The van der Waals surface area contributed by atoms with Crippen LogP contribution < -0.4 is 4.39 Å². The number of rotatable bonds is 3. The molecule has 0 saturated heterocycles. The van der Waals surface area contributed by atoms with Crippen LogP contribution in [0.15, 0.2) is 15.7 Å². The van der Waals surface area contributed by atoms with Gasteiger partial charge in [-0.15, -0.1) is 11.3 Å². The third-order valence-electron chi connectivity index (χ3n) is 3.26. The molecule has 1 aromatic rings. The monoisotopic (exact) mass is 301 g/mol. The van der Waals surface area contributed by atoms with Crippen molar-refractivity contribution in [2.24, 2.45) is 0 Å². The second-order valence-electron chi connectivity index (χ2n) is 5.80. The van der Waals surface area contributed by atoms with Gasteiger partial charge in [0.05, 0.1) is 5.56 Å². The predicted molar refractivity (Wildman–Crippen MR) is 78.5 cm³/mol. The normalized spacial score (nSPS) is 16.0. The maximum absolute atomic E-state index is 12.5. The van der Waals surface area contributed by atoms with Crippen molar-refractivity contribution in [1.29, 1.82) is 10.0 Å². The molecule has 1 heterocycles. The molecule has 1 rings (SSSR count). The highest BCUT2D eigenvalue weighted by Gasteiger charge is 2.38. The molecule has 1 atom stereocenters. The third-order valence-corrected chi connectivity index (χ3v) is 12.6. The number of hydrogen-bond acceptors (Lipinski definition) is 4. The summed E-state index contributed by atoms with van der Waals surface area (Å²) in [7, 11) is -5.02. The summed E-state index contributed by atoms with van der Waals surface area (Å²) in [5, 5.41) is 10.4. The van der Waals surface area contributed by atoms with E-state index in [2.05, 4.69) is 38.3 Å². The Labute approximate surface area is 114 Å². The Morgan fingerprint density at radius 3 is 2.44 bits per heavy atom. The van der Waals surface area contributed by atoms with Crippen LogP contribution in [0.3, 0.4) is 0 Å². The van der Waals surface area contributed by atoms with Gasteiger partial charge in [-0.1, -0.05) is 33.9 Å². The third kappa shape index (κ3) is 3.20. The molecule has 0 fully saturated rings. The number of nitrogens with zero attached hydrogens (tertiary/aromatic N) is 1. The maximum Gasteiger partial charge on any atom is 0.140 e. The standard InChI is InChI=1S/C11H19N3OS2Si/c1-11(2,3)18(4,5)14-17(13,15)10-6-9(7-12)8-16-10/h6,8H,1-5H3,(H2,13,14,15). The van der Waals surface area contributed by atoms with E-state index >= 15 is 0 Å². The van der Waals surface area contributed by atoms with Gasteiger partial charge in [0.2, 0.25) is 0 Å². The minimum Gasteiger partial charge on any atom is -0.248 e. The lowest BCUT2D eigenvalue weighted by atomic mass is 10.2. The zero-order chi connectivity index (χ0) is 14.2. The van der Waals surface area contributed by atoms with Crippen LogP contribution in [0.25, 0.3) is 0 Å². The van der Waals surface area contributed by atoms with E-state index in [-0.39, 0.29) is 5.04 Å². The van der Waals surface area contributed by atoms with Crippen LogP contribution in [0.5, 0.6) is 0 Å². The van der Waals surface area contributed by atoms with Crippen LogP contribution in [0.2, 0.25) is 18.1 Å². The summed E-state index contributed by atoms with van der Waals surface area (Å²) in [6, 6.07) is 3.54. The van der Waals surface area contributed by atoms with E-state index in [9.17, 15) is 4.21 Å². The molecule has 0 aliphatic heterocycles. The lowest BCUT2D eigenvalue weighted by Crippen LogP contribution is -2.53. The van der Waals surface area contributed by atoms with Gasteiger partial charge in [-0.25, -0.2) is 13.4 Å². The van der Waals surface area contributed by atoms with Gasteiger partial charge >= 0.3 is 0 Å². The molecule has 1 unspecified atom stereocenters. The largest absolute Gasteiger partial charge is 0.248 e.